The maximum Gasteiger partial charge on any atom is 0.252 e. The number of nitrogens with zero attached hydrogens (tertiary/aromatic N) is 2. The minimum absolute atomic E-state index is 0.355. The zero-order valence-electron chi connectivity index (χ0n) is 17.7. The SMILES string of the molecule is N#CN1CCC(CC2=CCC=C(Oc3ccc(Oc4ccccc4)cc3)C(C(N)=O)=C2)C1. The molecule has 1 atom stereocenters. The molecule has 0 saturated carbocycles. The van der Waals surface area contributed by atoms with Gasteiger partial charge in [-0.05, 0) is 73.7 Å². The van der Waals surface area contributed by atoms with E-state index in [4.69, 9.17) is 20.5 Å². The fourth-order valence-corrected chi connectivity index (χ4v) is 3.92. The number of hydrogen-bond acceptors (Lipinski definition) is 5. The average Bonchev–Trinajstić information content (AvgIpc) is 3.16. The van der Waals surface area contributed by atoms with Crippen LogP contribution in [0.2, 0.25) is 0 Å². The molecule has 1 unspecified atom stereocenters. The van der Waals surface area contributed by atoms with E-state index in [0.717, 1.165) is 37.3 Å². The van der Waals surface area contributed by atoms with Gasteiger partial charge in [-0.15, -0.1) is 0 Å². The van der Waals surface area contributed by atoms with E-state index in [2.05, 4.69) is 12.3 Å². The molecule has 2 aliphatic rings. The molecule has 0 radical (unpaired) electrons. The molecule has 1 aliphatic heterocycles. The molecule has 1 aliphatic carbocycles. The van der Waals surface area contributed by atoms with E-state index in [0.29, 0.717) is 35.2 Å². The number of carbonyl (C=O) groups excluding carboxylic acids is 1. The number of amides is 1. The quantitative estimate of drug-likeness (QED) is 0.649. The van der Waals surface area contributed by atoms with E-state index in [-0.39, 0.29) is 0 Å². The van der Waals surface area contributed by atoms with Crippen LogP contribution in [0.4, 0.5) is 0 Å². The molecule has 0 aromatic heterocycles. The number of rotatable bonds is 7. The summed E-state index contributed by atoms with van der Waals surface area (Å²) in [4.78, 5) is 14.0. The molecule has 1 saturated heterocycles. The Morgan fingerprint density at radius 2 is 1.72 bits per heavy atom. The topological polar surface area (TPSA) is 88.6 Å². The molecule has 2 aromatic rings. The highest BCUT2D eigenvalue weighted by molar-refractivity contribution is 5.96. The Morgan fingerprint density at radius 3 is 2.38 bits per heavy atom. The number of hydrogen-bond donors (Lipinski definition) is 1. The maximum absolute atomic E-state index is 12.2. The van der Waals surface area contributed by atoms with Crippen LogP contribution in [0.1, 0.15) is 19.3 Å². The predicted octanol–water partition coefficient (Wildman–Crippen LogP) is 4.68. The Kier molecular flexibility index (Phi) is 6.57. The first kappa shape index (κ1) is 21.3. The zero-order valence-corrected chi connectivity index (χ0v) is 17.7. The third-order valence-electron chi connectivity index (χ3n) is 5.53. The summed E-state index contributed by atoms with van der Waals surface area (Å²) in [7, 11) is 0. The highest BCUT2D eigenvalue weighted by Gasteiger charge is 2.23. The number of benzene rings is 2. The van der Waals surface area contributed by atoms with E-state index in [1.54, 1.807) is 17.0 Å². The largest absolute Gasteiger partial charge is 0.457 e. The van der Waals surface area contributed by atoms with E-state index >= 15 is 0 Å². The number of allylic oxidation sites excluding steroid dienone is 4. The number of nitriles is 1. The second-order valence-electron chi connectivity index (χ2n) is 7.90. The molecule has 2 N–H and O–H groups in total. The summed E-state index contributed by atoms with van der Waals surface area (Å²) in [6.07, 6.45) is 10.4. The van der Waals surface area contributed by atoms with Gasteiger partial charge in [-0.3, -0.25) is 4.79 Å². The lowest BCUT2D eigenvalue weighted by Gasteiger charge is -2.13. The summed E-state index contributed by atoms with van der Waals surface area (Å²) in [5, 5.41) is 9.07. The molecular formula is C26H25N3O3. The summed E-state index contributed by atoms with van der Waals surface area (Å²) >= 11 is 0. The highest BCUT2D eigenvalue weighted by atomic mass is 16.5. The van der Waals surface area contributed by atoms with Crippen molar-refractivity contribution in [2.75, 3.05) is 13.1 Å². The van der Waals surface area contributed by atoms with Crippen LogP contribution in [-0.4, -0.2) is 23.9 Å². The van der Waals surface area contributed by atoms with Crippen molar-refractivity contribution in [1.29, 1.82) is 5.26 Å². The monoisotopic (exact) mass is 427 g/mol. The van der Waals surface area contributed by atoms with E-state index in [9.17, 15) is 4.79 Å². The Bertz CT molecular complexity index is 1100. The van der Waals surface area contributed by atoms with Crippen LogP contribution in [-0.2, 0) is 4.79 Å². The fraction of sp³-hybridized carbons (Fsp3) is 0.231. The summed E-state index contributed by atoms with van der Waals surface area (Å²) in [5.74, 6) is 2.35. The first-order chi connectivity index (χ1) is 15.6. The molecule has 1 heterocycles. The van der Waals surface area contributed by atoms with E-state index in [1.807, 2.05) is 54.6 Å². The summed E-state index contributed by atoms with van der Waals surface area (Å²) < 4.78 is 11.8. The van der Waals surface area contributed by atoms with Crippen molar-refractivity contribution in [2.45, 2.75) is 19.3 Å². The number of likely N-dealkylation sites (tertiary alicyclic amines) is 1. The van der Waals surface area contributed by atoms with Crippen molar-refractivity contribution in [3.63, 3.8) is 0 Å². The molecule has 1 amide bonds. The van der Waals surface area contributed by atoms with Crippen LogP contribution in [0.15, 0.2) is 89.7 Å². The molecule has 32 heavy (non-hydrogen) atoms. The molecule has 162 valence electrons. The molecule has 1 fully saturated rings. The molecule has 0 spiro atoms. The summed E-state index contributed by atoms with van der Waals surface area (Å²) in [5.41, 5.74) is 7.08. The summed E-state index contributed by atoms with van der Waals surface area (Å²) in [6.45, 7) is 1.54. The van der Waals surface area contributed by atoms with Gasteiger partial charge in [-0.25, -0.2) is 0 Å². The Hall–Kier alpha value is -3.98. The van der Waals surface area contributed by atoms with Gasteiger partial charge in [0.2, 0.25) is 0 Å². The number of primary amides is 1. The van der Waals surface area contributed by atoms with Gasteiger partial charge in [-0.1, -0.05) is 29.8 Å². The lowest BCUT2D eigenvalue weighted by atomic mass is 9.96. The van der Waals surface area contributed by atoms with E-state index in [1.165, 1.54) is 0 Å². The summed E-state index contributed by atoms with van der Waals surface area (Å²) in [6, 6.07) is 16.8. The lowest BCUT2D eigenvalue weighted by Crippen LogP contribution is -2.18. The van der Waals surface area contributed by atoms with Crippen LogP contribution in [0.5, 0.6) is 17.2 Å². The van der Waals surface area contributed by atoms with Crippen molar-refractivity contribution >= 4 is 5.91 Å². The average molecular weight is 428 g/mol. The molecule has 4 rings (SSSR count). The Labute approximate surface area is 187 Å². The van der Waals surface area contributed by atoms with Crippen LogP contribution in [0.25, 0.3) is 0 Å². The predicted molar refractivity (Wildman–Crippen MR) is 122 cm³/mol. The number of nitrogens with two attached hydrogens (primary N) is 1. The lowest BCUT2D eigenvalue weighted by molar-refractivity contribution is -0.114. The Balaban J connectivity index is 1.43. The number of para-hydroxylation sites is 1. The van der Waals surface area contributed by atoms with Gasteiger partial charge in [0.15, 0.2) is 6.19 Å². The van der Waals surface area contributed by atoms with Gasteiger partial charge >= 0.3 is 0 Å². The number of carbonyl (C=O) groups is 1. The van der Waals surface area contributed by atoms with Gasteiger partial charge in [0.05, 0.1) is 5.57 Å². The third-order valence-corrected chi connectivity index (χ3v) is 5.53. The minimum atomic E-state index is -0.529. The second kappa shape index (κ2) is 9.88. The van der Waals surface area contributed by atoms with Crippen molar-refractivity contribution in [2.24, 2.45) is 11.7 Å². The second-order valence-corrected chi connectivity index (χ2v) is 7.90. The maximum atomic E-state index is 12.2. The van der Waals surface area contributed by atoms with Crippen molar-refractivity contribution < 1.29 is 14.3 Å². The first-order valence-electron chi connectivity index (χ1n) is 10.7. The Morgan fingerprint density at radius 1 is 1.03 bits per heavy atom. The van der Waals surface area contributed by atoms with Crippen LogP contribution < -0.4 is 15.2 Å². The van der Waals surface area contributed by atoms with Crippen molar-refractivity contribution in [3.05, 3.63) is 89.7 Å². The van der Waals surface area contributed by atoms with Crippen LogP contribution in [0.3, 0.4) is 0 Å². The van der Waals surface area contributed by atoms with Gasteiger partial charge < -0.3 is 20.1 Å². The third kappa shape index (κ3) is 5.38. The van der Waals surface area contributed by atoms with Gasteiger partial charge in [-0.2, -0.15) is 5.26 Å². The van der Waals surface area contributed by atoms with Crippen molar-refractivity contribution in [3.8, 4) is 23.4 Å². The van der Waals surface area contributed by atoms with Gasteiger partial charge in [0, 0.05) is 13.1 Å². The van der Waals surface area contributed by atoms with Gasteiger partial charge in [0.1, 0.15) is 23.0 Å². The highest BCUT2D eigenvalue weighted by Crippen LogP contribution is 2.30. The normalized spacial score (nSPS) is 18.0. The standard InChI is InChI=1S/C26H25N3O3/c27-18-29-14-13-20(17-29)15-19-5-4-8-25(24(16-19)26(28)30)32-23-11-9-22(10-12-23)31-21-6-2-1-3-7-21/h1-3,5-12,16,20H,4,13-15,17H2,(H2,28,30). The van der Waals surface area contributed by atoms with Crippen LogP contribution >= 0.6 is 0 Å². The minimum Gasteiger partial charge on any atom is -0.457 e. The fourth-order valence-electron chi connectivity index (χ4n) is 3.92. The first-order valence-corrected chi connectivity index (χ1v) is 10.7. The number of ether oxygens (including phenoxy) is 2. The zero-order chi connectivity index (χ0) is 22.3. The molecular weight excluding hydrogens is 402 g/mol. The van der Waals surface area contributed by atoms with Crippen LogP contribution in [0, 0.1) is 17.4 Å². The molecule has 2 aromatic carbocycles. The van der Waals surface area contributed by atoms with Crippen molar-refractivity contribution in [1.82, 2.24) is 4.90 Å². The van der Waals surface area contributed by atoms with E-state index < -0.39 is 5.91 Å². The molecule has 6 heteroatoms. The molecule has 6 nitrogen and oxygen atoms in total. The molecule has 0 bridgehead atoms. The van der Waals surface area contributed by atoms with Gasteiger partial charge in [0.25, 0.3) is 5.91 Å². The smallest absolute Gasteiger partial charge is 0.252 e.